The van der Waals surface area contributed by atoms with Gasteiger partial charge in [0.1, 0.15) is 17.3 Å². The minimum atomic E-state index is -0.470. The maximum Gasteiger partial charge on any atom is 0.180 e. The van der Waals surface area contributed by atoms with Gasteiger partial charge in [0.05, 0.1) is 24.2 Å². The molecule has 152 valence electrons. The second-order valence-electron chi connectivity index (χ2n) is 7.18. The maximum absolute atomic E-state index is 13.4. The van der Waals surface area contributed by atoms with Crippen LogP contribution in [-0.4, -0.2) is 49.3 Å². The Morgan fingerprint density at radius 2 is 1.97 bits per heavy atom. The molecule has 1 aromatic carbocycles. The first-order valence-corrected chi connectivity index (χ1v) is 10.9. The highest BCUT2D eigenvalue weighted by atomic mass is 32.2. The average molecular weight is 414 g/mol. The van der Waals surface area contributed by atoms with Gasteiger partial charge in [-0.1, -0.05) is 0 Å². The van der Waals surface area contributed by atoms with Crippen molar-refractivity contribution in [3.63, 3.8) is 0 Å². The van der Waals surface area contributed by atoms with E-state index < -0.39 is 6.10 Å². The summed E-state index contributed by atoms with van der Waals surface area (Å²) < 4.78 is 15.4. The predicted molar refractivity (Wildman–Crippen MR) is 114 cm³/mol. The van der Waals surface area contributed by atoms with Gasteiger partial charge in [0.2, 0.25) is 0 Å². The van der Waals surface area contributed by atoms with E-state index in [0.717, 1.165) is 30.5 Å². The summed E-state index contributed by atoms with van der Waals surface area (Å²) in [5.41, 5.74) is 2.20. The van der Waals surface area contributed by atoms with Crippen LogP contribution in [0.3, 0.4) is 0 Å². The number of anilines is 1. The molecule has 29 heavy (non-hydrogen) atoms. The molecule has 1 saturated carbocycles. The topological polar surface area (TPSA) is 75.9 Å². The normalized spacial score (nSPS) is 21.9. The van der Waals surface area contributed by atoms with Crippen LogP contribution in [0.4, 0.5) is 10.2 Å². The van der Waals surface area contributed by atoms with Crippen LogP contribution in [0.5, 0.6) is 0 Å². The highest BCUT2D eigenvalue weighted by Gasteiger charge is 2.33. The minimum absolute atomic E-state index is 0.100. The molecule has 8 heteroatoms. The predicted octanol–water partition coefficient (Wildman–Crippen LogP) is 4.01. The summed E-state index contributed by atoms with van der Waals surface area (Å²) in [5.74, 6) is 0.918. The Labute approximate surface area is 173 Å². The molecule has 0 spiro atoms. The lowest BCUT2D eigenvalue weighted by Crippen LogP contribution is -2.32. The molecule has 0 bridgehead atoms. The van der Waals surface area contributed by atoms with Crippen molar-refractivity contribution in [3.05, 3.63) is 48.7 Å². The summed E-state index contributed by atoms with van der Waals surface area (Å²) in [7, 11) is 1.80. The molecule has 0 saturated heterocycles. The summed E-state index contributed by atoms with van der Waals surface area (Å²) >= 11 is 1.80. The highest BCUT2D eigenvalue weighted by Crippen LogP contribution is 2.39. The first kappa shape index (κ1) is 19.8. The third-order valence-electron chi connectivity index (χ3n) is 5.46. The molecule has 3 atom stereocenters. The number of hydrogen-bond acceptors (Lipinski definition) is 6. The molecule has 0 amide bonds. The van der Waals surface area contributed by atoms with Crippen LogP contribution >= 0.6 is 11.8 Å². The number of hydrogen-bond donors (Lipinski definition) is 2. The molecular weight excluding hydrogens is 389 g/mol. The van der Waals surface area contributed by atoms with Crippen molar-refractivity contribution in [2.75, 3.05) is 18.6 Å². The van der Waals surface area contributed by atoms with Crippen molar-refractivity contribution in [2.24, 2.45) is 0 Å². The average Bonchev–Trinajstić information content (AvgIpc) is 3.19. The lowest BCUT2D eigenvalue weighted by molar-refractivity contribution is 0.0788. The molecule has 0 radical (unpaired) electrons. The van der Waals surface area contributed by atoms with Crippen molar-refractivity contribution in [3.8, 4) is 22.8 Å². The van der Waals surface area contributed by atoms with E-state index in [0.29, 0.717) is 22.6 Å². The molecule has 4 rings (SSSR count). The molecule has 3 unspecified atom stereocenters. The number of nitrogens with one attached hydrogen (secondary N) is 1. The summed E-state index contributed by atoms with van der Waals surface area (Å²) in [5, 5.41) is 14.3. The fraction of sp³-hybridized carbons (Fsp3) is 0.381. The van der Waals surface area contributed by atoms with Crippen LogP contribution in [0.1, 0.15) is 25.3 Å². The van der Waals surface area contributed by atoms with Gasteiger partial charge in [-0.3, -0.25) is 0 Å². The van der Waals surface area contributed by atoms with Gasteiger partial charge in [0.25, 0.3) is 0 Å². The minimum Gasteiger partial charge on any atom is -0.391 e. The number of rotatable bonds is 5. The fourth-order valence-corrected chi connectivity index (χ4v) is 4.66. The smallest absolute Gasteiger partial charge is 0.180 e. The zero-order valence-corrected chi connectivity index (χ0v) is 17.2. The number of halogens is 1. The third kappa shape index (κ3) is 4.00. The maximum atomic E-state index is 13.4. The Balaban J connectivity index is 1.82. The van der Waals surface area contributed by atoms with Gasteiger partial charge >= 0.3 is 0 Å². The van der Waals surface area contributed by atoms with E-state index in [4.69, 9.17) is 0 Å². The van der Waals surface area contributed by atoms with Crippen LogP contribution in [0.2, 0.25) is 0 Å². The van der Waals surface area contributed by atoms with Gasteiger partial charge < -0.3 is 15.0 Å². The van der Waals surface area contributed by atoms with Crippen LogP contribution in [-0.2, 0) is 0 Å². The van der Waals surface area contributed by atoms with Gasteiger partial charge in [0, 0.05) is 24.1 Å². The summed E-state index contributed by atoms with van der Waals surface area (Å²) in [6, 6.07) is 7.93. The number of aliphatic hydroxyl groups excluding tert-OH is 1. The Morgan fingerprint density at radius 3 is 2.66 bits per heavy atom. The molecular formula is C21H24FN5OS. The first-order valence-electron chi connectivity index (χ1n) is 9.65. The van der Waals surface area contributed by atoms with E-state index >= 15 is 0 Å². The van der Waals surface area contributed by atoms with Crippen LogP contribution in [0, 0.1) is 5.82 Å². The van der Waals surface area contributed by atoms with Gasteiger partial charge in [-0.05, 0) is 55.9 Å². The van der Waals surface area contributed by atoms with Gasteiger partial charge in [-0.15, -0.1) is 0 Å². The largest absolute Gasteiger partial charge is 0.391 e. The number of imidazole rings is 1. The molecule has 1 aliphatic carbocycles. The van der Waals surface area contributed by atoms with E-state index in [-0.39, 0.29) is 11.9 Å². The SMILES string of the molecule is CNc1ccnc(-c2c(-c3ccc(F)cc3)ncn2C2CCC(SC)CC2O)n1. The molecule has 3 aromatic rings. The molecule has 2 aromatic heterocycles. The number of aliphatic hydroxyl groups is 1. The van der Waals surface area contributed by atoms with Crippen LogP contribution in [0.15, 0.2) is 42.9 Å². The Bertz CT molecular complexity index is 977. The van der Waals surface area contributed by atoms with Crippen molar-refractivity contribution in [1.29, 1.82) is 0 Å². The van der Waals surface area contributed by atoms with E-state index in [1.807, 2.05) is 4.57 Å². The zero-order chi connectivity index (χ0) is 20.4. The van der Waals surface area contributed by atoms with E-state index in [9.17, 15) is 9.50 Å². The van der Waals surface area contributed by atoms with Crippen LogP contribution in [0.25, 0.3) is 22.8 Å². The molecule has 1 aliphatic rings. The van der Waals surface area contributed by atoms with E-state index in [2.05, 4.69) is 26.5 Å². The fourth-order valence-electron chi connectivity index (χ4n) is 3.90. The van der Waals surface area contributed by atoms with E-state index in [1.54, 1.807) is 49.5 Å². The Hall–Kier alpha value is -2.45. The number of thioether (sulfide) groups is 1. The standard InChI is InChI=1S/C21H24FN5OS/c1-23-18-9-10-24-21(26-18)20-19(13-3-5-14(22)6-4-13)25-12-27(20)16-8-7-15(29-2)11-17(16)28/h3-6,9-10,12,15-17,28H,7-8,11H2,1-2H3,(H,23,24,26). The number of aromatic nitrogens is 4. The van der Waals surface area contributed by atoms with Gasteiger partial charge in [-0.2, -0.15) is 11.8 Å². The number of nitrogens with zero attached hydrogens (tertiary/aromatic N) is 4. The summed E-state index contributed by atoms with van der Waals surface area (Å²) in [6.45, 7) is 0. The zero-order valence-electron chi connectivity index (χ0n) is 16.4. The van der Waals surface area contributed by atoms with Crippen molar-refractivity contribution >= 4 is 17.6 Å². The lowest BCUT2D eigenvalue weighted by atomic mass is 9.91. The second kappa shape index (κ2) is 8.51. The molecule has 0 aliphatic heterocycles. The van der Waals surface area contributed by atoms with Crippen LogP contribution < -0.4 is 5.32 Å². The van der Waals surface area contributed by atoms with E-state index in [1.165, 1.54) is 12.1 Å². The molecule has 2 N–H and O–H groups in total. The Kier molecular flexibility index (Phi) is 5.82. The molecule has 1 fully saturated rings. The molecule has 2 heterocycles. The van der Waals surface area contributed by atoms with Gasteiger partial charge in [-0.25, -0.2) is 19.3 Å². The molecule has 6 nitrogen and oxygen atoms in total. The Morgan fingerprint density at radius 1 is 1.17 bits per heavy atom. The highest BCUT2D eigenvalue weighted by molar-refractivity contribution is 7.99. The number of benzene rings is 1. The van der Waals surface area contributed by atoms with Crippen molar-refractivity contribution in [2.45, 2.75) is 36.7 Å². The third-order valence-corrected chi connectivity index (χ3v) is 6.55. The first-order chi connectivity index (χ1) is 14.1. The van der Waals surface area contributed by atoms with Crippen molar-refractivity contribution < 1.29 is 9.50 Å². The summed E-state index contributed by atoms with van der Waals surface area (Å²) in [4.78, 5) is 13.7. The monoisotopic (exact) mass is 413 g/mol. The quantitative estimate of drug-likeness (QED) is 0.658. The lowest BCUT2D eigenvalue weighted by Gasteiger charge is -2.33. The van der Waals surface area contributed by atoms with Crippen molar-refractivity contribution in [1.82, 2.24) is 19.5 Å². The second-order valence-corrected chi connectivity index (χ2v) is 8.31. The van der Waals surface area contributed by atoms with Gasteiger partial charge in [0.15, 0.2) is 5.82 Å². The summed E-state index contributed by atoms with van der Waals surface area (Å²) in [6.07, 6.45) is 7.69.